The first-order valence-corrected chi connectivity index (χ1v) is 7.59. The molecule has 7 heteroatoms. The largest absolute Gasteiger partial charge is 0.407 e. The van der Waals surface area contributed by atoms with E-state index in [2.05, 4.69) is 0 Å². The summed E-state index contributed by atoms with van der Waals surface area (Å²) in [5.74, 6) is -6.63. The van der Waals surface area contributed by atoms with Gasteiger partial charge in [0.15, 0.2) is 0 Å². The molecule has 0 aromatic rings. The number of sulfone groups is 1. The lowest BCUT2D eigenvalue weighted by Crippen LogP contribution is -2.54. The smallest absolute Gasteiger partial charge is 0.223 e. The Bertz CT molecular complexity index is 481. The van der Waals surface area contributed by atoms with Crippen molar-refractivity contribution in [2.24, 2.45) is 11.8 Å². The summed E-state index contributed by atoms with van der Waals surface area (Å²) >= 11 is 0. The topological polar surface area (TPSA) is 34.1 Å². The molecule has 1 saturated carbocycles. The van der Waals surface area contributed by atoms with Gasteiger partial charge in [-0.2, -0.15) is 17.6 Å². The van der Waals surface area contributed by atoms with Crippen LogP contribution in [0.3, 0.4) is 0 Å². The minimum Gasteiger partial charge on any atom is -0.223 e. The second kappa shape index (κ2) is 3.95. The third-order valence-electron chi connectivity index (χ3n) is 3.92. The molecule has 0 aromatic carbocycles. The quantitative estimate of drug-likeness (QED) is 0.590. The normalized spacial score (nSPS) is 29.3. The molecule has 3 aliphatic rings. The van der Waals surface area contributed by atoms with Crippen molar-refractivity contribution in [3.8, 4) is 0 Å². The van der Waals surface area contributed by atoms with Gasteiger partial charge >= 0.3 is 11.2 Å². The highest BCUT2D eigenvalue weighted by Crippen LogP contribution is 2.54. The van der Waals surface area contributed by atoms with Crippen molar-refractivity contribution in [1.29, 1.82) is 0 Å². The first-order valence-electron chi connectivity index (χ1n) is 5.70. The third kappa shape index (κ3) is 1.87. The summed E-state index contributed by atoms with van der Waals surface area (Å²) in [6.45, 7) is 0. The van der Waals surface area contributed by atoms with Gasteiger partial charge in [-0.3, -0.25) is 0 Å². The van der Waals surface area contributed by atoms with Gasteiger partial charge in [0.25, 0.3) is 0 Å². The number of fused-ring (bicyclic) bond motifs is 3. The van der Waals surface area contributed by atoms with E-state index in [4.69, 9.17) is 0 Å². The van der Waals surface area contributed by atoms with Crippen LogP contribution in [0.25, 0.3) is 0 Å². The minimum atomic E-state index is -5.13. The molecule has 1 fully saturated rings. The monoisotopic (exact) mass is 286 g/mol. The third-order valence-corrected chi connectivity index (χ3v) is 5.12. The van der Waals surface area contributed by atoms with Crippen LogP contribution in [-0.4, -0.2) is 25.9 Å². The van der Waals surface area contributed by atoms with Crippen LogP contribution in [0.5, 0.6) is 0 Å². The van der Waals surface area contributed by atoms with Crippen LogP contribution in [0.4, 0.5) is 17.6 Å². The summed E-state index contributed by atoms with van der Waals surface area (Å²) < 4.78 is 76.5. The van der Waals surface area contributed by atoms with E-state index in [0.717, 1.165) is 5.57 Å². The Hall–Kier alpha value is -0.590. The molecule has 18 heavy (non-hydrogen) atoms. The second-order valence-corrected chi connectivity index (χ2v) is 7.18. The first kappa shape index (κ1) is 13.8. The zero-order valence-corrected chi connectivity index (χ0v) is 10.6. The van der Waals surface area contributed by atoms with E-state index in [1.165, 1.54) is 0 Å². The summed E-state index contributed by atoms with van der Waals surface area (Å²) in [6, 6.07) is 0. The molecule has 2 bridgehead atoms. The lowest BCUT2D eigenvalue weighted by molar-refractivity contribution is -0.204. The van der Waals surface area contributed by atoms with Crippen LogP contribution in [0, 0.1) is 11.8 Å². The van der Waals surface area contributed by atoms with E-state index in [-0.39, 0.29) is 12.7 Å². The minimum absolute atomic E-state index is 0.122. The Kier molecular flexibility index (Phi) is 3.04. The number of halogens is 4. The fourth-order valence-electron chi connectivity index (χ4n) is 2.80. The molecule has 2 nitrogen and oxygen atoms in total. The van der Waals surface area contributed by atoms with Crippen LogP contribution in [-0.2, 0) is 9.84 Å². The van der Waals surface area contributed by atoms with Crippen LogP contribution in [0.15, 0.2) is 11.6 Å². The molecular weight excluding hydrogens is 272 g/mol. The molecule has 0 aliphatic heterocycles. The van der Waals surface area contributed by atoms with E-state index in [1.807, 2.05) is 0 Å². The van der Waals surface area contributed by atoms with Gasteiger partial charge in [0.2, 0.25) is 9.84 Å². The van der Waals surface area contributed by atoms with Crippen molar-refractivity contribution in [3.63, 3.8) is 0 Å². The average Bonchev–Trinajstić information content (AvgIpc) is 2.28. The standard InChI is InChI=1S/C11H14F4O2S/c1-18(16,17)11(14,15)10(12,13)9-6-7-2-4-8(9)5-3-7/h2,8-9H,3-6H2,1H3. The molecular formula is C11H14F4O2S. The Morgan fingerprint density at radius 2 is 1.89 bits per heavy atom. The predicted molar refractivity (Wildman–Crippen MR) is 58.3 cm³/mol. The van der Waals surface area contributed by atoms with Crippen molar-refractivity contribution in [1.82, 2.24) is 0 Å². The number of hydrogen-bond acceptors (Lipinski definition) is 2. The van der Waals surface area contributed by atoms with E-state index < -0.39 is 32.9 Å². The molecule has 0 radical (unpaired) electrons. The summed E-state index contributed by atoms with van der Waals surface area (Å²) in [6.07, 6.45) is 3.27. The van der Waals surface area contributed by atoms with Gasteiger partial charge in [0.05, 0.1) is 0 Å². The van der Waals surface area contributed by atoms with Crippen molar-refractivity contribution in [2.45, 2.75) is 36.9 Å². The molecule has 0 saturated heterocycles. The van der Waals surface area contributed by atoms with Gasteiger partial charge in [-0.25, -0.2) is 8.42 Å². The van der Waals surface area contributed by atoms with E-state index in [1.54, 1.807) is 6.08 Å². The van der Waals surface area contributed by atoms with Crippen LogP contribution in [0.2, 0.25) is 0 Å². The lowest BCUT2D eigenvalue weighted by atomic mass is 9.68. The zero-order valence-electron chi connectivity index (χ0n) is 9.80. The molecule has 2 unspecified atom stereocenters. The van der Waals surface area contributed by atoms with Crippen LogP contribution >= 0.6 is 0 Å². The summed E-state index contributed by atoms with van der Waals surface area (Å²) in [5, 5.41) is -5.00. The van der Waals surface area contributed by atoms with Crippen molar-refractivity contribution in [2.75, 3.05) is 6.26 Å². The number of allylic oxidation sites excluding steroid dienone is 2. The number of rotatable bonds is 3. The molecule has 0 N–H and O–H groups in total. The van der Waals surface area contributed by atoms with Gasteiger partial charge in [0.1, 0.15) is 0 Å². The molecule has 3 aliphatic carbocycles. The fraction of sp³-hybridized carbons (Fsp3) is 0.818. The van der Waals surface area contributed by atoms with Crippen molar-refractivity contribution in [3.05, 3.63) is 11.6 Å². The maximum atomic E-state index is 13.9. The molecule has 2 atom stereocenters. The van der Waals surface area contributed by atoms with Gasteiger partial charge < -0.3 is 0 Å². The molecule has 0 amide bonds. The van der Waals surface area contributed by atoms with Crippen molar-refractivity contribution >= 4 is 9.84 Å². The molecule has 0 aromatic heterocycles. The molecule has 104 valence electrons. The van der Waals surface area contributed by atoms with E-state index in [9.17, 15) is 26.0 Å². The Morgan fingerprint density at radius 1 is 1.28 bits per heavy atom. The van der Waals surface area contributed by atoms with Gasteiger partial charge in [-0.1, -0.05) is 11.6 Å². The molecule has 0 spiro atoms. The summed E-state index contributed by atoms with van der Waals surface area (Å²) in [5.41, 5.74) is 0.742. The van der Waals surface area contributed by atoms with E-state index >= 15 is 0 Å². The van der Waals surface area contributed by atoms with Gasteiger partial charge in [0, 0.05) is 12.2 Å². The lowest BCUT2D eigenvalue weighted by Gasteiger charge is -2.42. The van der Waals surface area contributed by atoms with Crippen LogP contribution < -0.4 is 0 Å². The summed E-state index contributed by atoms with van der Waals surface area (Å²) in [7, 11) is -5.13. The first-order chi connectivity index (χ1) is 8.07. The zero-order chi connectivity index (χ0) is 13.8. The molecule has 0 heterocycles. The Balaban J connectivity index is 2.35. The van der Waals surface area contributed by atoms with E-state index in [0.29, 0.717) is 19.3 Å². The average molecular weight is 286 g/mol. The SMILES string of the molecule is CS(=O)(=O)C(F)(F)C(F)(F)C1CC2=CCC1CC2. The van der Waals surface area contributed by atoms with Gasteiger partial charge in [-0.15, -0.1) is 0 Å². The maximum Gasteiger partial charge on any atom is 0.407 e. The fourth-order valence-corrected chi connectivity index (χ4v) is 3.44. The Labute approximate surface area is 103 Å². The summed E-state index contributed by atoms with van der Waals surface area (Å²) in [4.78, 5) is 0. The second-order valence-electron chi connectivity index (χ2n) is 5.12. The maximum absolute atomic E-state index is 13.9. The predicted octanol–water partition coefficient (Wildman–Crippen LogP) is 3.01. The molecule has 3 rings (SSSR count). The highest BCUT2D eigenvalue weighted by molar-refractivity contribution is 7.91. The Morgan fingerprint density at radius 3 is 2.22 bits per heavy atom. The highest BCUT2D eigenvalue weighted by Gasteiger charge is 2.68. The van der Waals surface area contributed by atoms with Crippen LogP contribution in [0.1, 0.15) is 25.7 Å². The number of hydrogen-bond donors (Lipinski definition) is 0. The van der Waals surface area contributed by atoms with Gasteiger partial charge in [-0.05, 0) is 31.6 Å². The van der Waals surface area contributed by atoms with Crippen molar-refractivity contribution < 1.29 is 26.0 Å². The highest BCUT2D eigenvalue weighted by atomic mass is 32.2. The number of alkyl halides is 4.